The van der Waals surface area contributed by atoms with E-state index in [4.69, 9.17) is 0 Å². The van der Waals surface area contributed by atoms with E-state index in [1.807, 2.05) is 37.3 Å². The van der Waals surface area contributed by atoms with Crippen LogP contribution < -0.4 is 10.6 Å². The topological polar surface area (TPSA) is 54.0 Å². The fraction of sp³-hybridized carbons (Fsp3) is 0.294. The van der Waals surface area contributed by atoms with Crippen molar-refractivity contribution in [3.63, 3.8) is 0 Å². The lowest BCUT2D eigenvalue weighted by atomic mass is 9.93. The van der Waals surface area contributed by atoms with Gasteiger partial charge in [0.15, 0.2) is 0 Å². The Hall–Kier alpha value is -2.20. The Kier molecular flexibility index (Phi) is 3.97. The summed E-state index contributed by atoms with van der Waals surface area (Å²) in [6.07, 6.45) is 4.46. The maximum atomic E-state index is 12.6. The SMILES string of the molecule is C[C@H](NC(=O)C1NCCc2ccccc21)c1ccncc1. The molecular formula is C17H19N3O. The second-order valence-corrected chi connectivity index (χ2v) is 5.35. The van der Waals surface area contributed by atoms with E-state index < -0.39 is 0 Å². The summed E-state index contributed by atoms with van der Waals surface area (Å²) in [4.78, 5) is 16.6. The average molecular weight is 281 g/mol. The molecule has 1 aliphatic heterocycles. The zero-order valence-corrected chi connectivity index (χ0v) is 12.0. The van der Waals surface area contributed by atoms with E-state index in [2.05, 4.69) is 21.7 Å². The molecule has 3 rings (SSSR count). The molecule has 21 heavy (non-hydrogen) atoms. The summed E-state index contributed by atoms with van der Waals surface area (Å²) in [7, 11) is 0. The molecule has 2 atom stereocenters. The van der Waals surface area contributed by atoms with Gasteiger partial charge in [0, 0.05) is 18.9 Å². The molecule has 4 nitrogen and oxygen atoms in total. The first-order valence-electron chi connectivity index (χ1n) is 7.27. The number of rotatable bonds is 3. The molecule has 4 heteroatoms. The molecule has 1 aromatic heterocycles. The number of pyridine rings is 1. The summed E-state index contributed by atoms with van der Waals surface area (Å²) in [5.41, 5.74) is 3.40. The van der Waals surface area contributed by atoms with Crippen molar-refractivity contribution in [2.45, 2.75) is 25.4 Å². The molecule has 2 N–H and O–H groups in total. The lowest BCUT2D eigenvalue weighted by molar-refractivity contribution is -0.124. The number of carbonyl (C=O) groups is 1. The first kappa shape index (κ1) is 13.8. The molecule has 0 saturated heterocycles. The minimum absolute atomic E-state index is 0.0199. The van der Waals surface area contributed by atoms with Crippen LogP contribution in [-0.4, -0.2) is 17.4 Å². The highest BCUT2D eigenvalue weighted by Crippen LogP contribution is 2.23. The molecule has 0 aliphatic carbocycles. The van der Waals surface area contributed by atoms with Crippen molar-refractivity contribution in [2.24, 2.45) is 0 Å². The number of hydrogen-bond donors (Lipinski definition) is 2. The minimum Gasteiger partial charge on any atom is -0.348 e. The van der Waals surface area contributed by atoms with Crippen molar-refractivity contribution >= 4 is 5.91 Å². The molecule has 1 unspecified atom stereocenters. The Morgan fingerprint density at radius 1 is 1.29 bits per heavy atom. The van der Waals surface area contributed by atoms with Gasteiger partial charge in [-0.1, -0.05) is 24.3 Å². The first-order chi connectivity index (χ1) is 10.3. The third-order valence-electron chi connectivity index (χ3n) is 3.94. The van der Waals surface area contributed by atoms with Crippen molar-refractivity contribution in [2.75, 3.05) is 6.54 Å². The Balaban J connectivity index is 1.75. The number of hydrogen-bond acceptors (Lipinski definition) is 3. The molecule has 1 amide bonds. The first-order valence-corrected chi connectivity index (χ1v) is 7.27. The highest BCUT2D eigenvalue weighted by molar-refractivity contribution is 5.84. The maximum absolute atomic E-state index is 12.6. The number of amides is 1. The van der Waals surface area contributed by atoms with Crippen molar-refractivity contribution in [3.8, 4) is 0 Å². The van der Waals surface area contributed by atoms with Gasteiger partial charge in [-0.2, -0.15) is 0 Å². The number of fused-ring (bicyclic) bond motifs is 1. The number of nitrogens with one attached hydrogen (secondary N) is 2. The summed E-state index contributed by atoms with van der Waals surface area (Å²) in [6, 6.07) is 11.7. The largest absolute Gasteiger partial charge is 0.348 e. The summed E-state index contributed by atoms with van der Waals surface area (Å²) < 4.78 is 0. The molecule has 0 radical (unpaired) electrons. The highest BCUT2D eigenvalue weighted by Gasteiger charge is 2.26. The number of benzene rings is 1. The van der Waals surface area contributed by atoms with Crippen LogP contribution >= 0.6 is 0 Å². The second kappa shape index (κ2) is 6.06. The van der Waals surface area contributed by atoms with Gasteiger partial charge in [0.1, 0.15) is 6.04 Å². The third-order valence-corrected chi connectivity index (χ3v) is 3.94. The number of aromatic nitrogens is 1. The van der Waals surface area contributed by atoms with Crippen molar-refractivity contribution in [1.29, 1.82) is 0 Å². The lowest BCUT2D eigenvalue weighted by Crippen LogP contribution is -2.42. The molecule has 0 saturated carbocycles. The van der Waals surface area contributed by atoms with Gasteiger partial charge in [0.2, 0.25) is 5.91 Å². The third kappa shape index (κ3) is 2.95. The van der Waals surface area contributed by atoms with E-state index in [0.717, 1.165) is 24.1 Å². The molecule has 2 heterocycles. The van der Waals surface area contributed by atoms with Crippen LogP contribution in [0, 0.1) is 0 Å². The van der Waals surface area contributed by atoms with Gasteiger partial charge in [-0.3, -0.25) is 9.78 Å². The zero-order chi connectivity index (χ0) is 14.7. The summed E-state index contributed by atoms with van der Waals surface area (Å²) in [6.45, 7) is 2.82. The van der Waals surface area contributed by atoms with Crippen LogP contribution in [0.25, 0.3) is 0 Å². The van der Waals surface area contributed by atoms with E-state index in [0.29, 0.717) is 0 Å². The highest BCUT2D eigenvalue weighted by atomic mass is 16.2. The summed E-state index contributed by atoms with van der Waals surface area (Å²) in [5.74, 6) is 0.0199. The lowest BCUT2D eigenvalue weighted by Gasteiger charge is -2.27. The Labute approximate surface area is 124 Å². The average Bonchev–Trinajstić information content (AvgIpc) is 2.55. The van der Waals surface area contributed by atoms with Crippen LogP contribution in [0.3, 0.4) is 0 Å². The normalized spacial score (nSPS) is 18.6. The predicted octanol–water partition coefficient (Wildman–Crippen LogP) is 2.15. The van der Waals surface area contributed by atoms with Crippen LogP contribution in [0.2, 0.25) is 0 Å². The van der Waals surface area contributed by atoms with E-state index in [1.165, 1.54) is 5.56 Å². The van der Waals surface area contributed by atoms with E-state index in [9.17, 15) is 4.79 Å². The van der Waals surface area contributed by atoms with Crippen LogP contribution in [0.15, 0.2) is 48.8 Å². The Bertz CT molecular complexity index is 627. The molecule has 1 aliphatic rings. The Morgan fingerprint density at radius 3 is 2.86 bits per heavy atom. The van der Waals surface area contributed by atoms with Crippen molar-refractivity contribution < 1.29 is 4.79 Å². The standard InChI is InChI=1S/C17H19N3O/c1-12(13-6-9-18-10-7-13)20-17(21)16-15-5-3-2-4-14(15)8-11-19-16/h2-7,9-10,12,16,19H,8,11H2,1H3,(H,20,21)/t12-,16?/m0/s1. The van der Waals surface area contributed by atoms with Crippen LogP contribution in [0.4, 0.5) is 0 Å². The zero-order valence-electron chi connectivity index (χ0n) is 12.0. The Morgan fingerprint density at radius 2 is 2.05 bits per heavy atom. The summed E-state index contributed by atoms with van der Waals surface area (Å²) in [5, 5.41) is 6.39. The van der Waals surface area contributed by atoms with Gasteiger partial charge in [-0.15, -0.1) is 0 Å². The fourth-order valence-corrected chi connectivity index (χ4v) is 2.77. The van der Waals surface area contributed by atoms with Gasteiger partial charge in [0.05, 0.1) is 6.04 Å². The van der Waals surface area contributed by atoms with E-state index >= 15 is 0 Å². The molecule has 0 bridgehead atoms. The second-order valence-electron chi connectivity index (χ2n) is 5.35. The molecule has 108 valence electrons. The minimum atomic E-state index is -0.265. The number of nitrogens with zero attached hydrogens (tertiary/aromatic N) is 1. The van der Waals surface area contributed by atoms with Gasteiger partial charge < -0.3 is 10.6 Å². The summed E-state index contributed by atoms with van der Waals surface area (Å²) >= 11 is 0. The van der Waals surface area contributed by atoms with Crippen molar-refractivity contribution in [1.82, 2.24) is 15.6 Å². The van der Waals surface area contributed by atoms with Gasteiger partial charge in [-0.25, -0.2) is 0 Å². The van der Waals surface area contributed by atoms with Crippen LogP contribution in [-0.2, 0) is 11.2 Å². The number of carbonyl (C=O) groups excluding carboxylic acids is 1. The quantitative estimate of drug-likeness (QED) is 0.906. The van der Waals surface area contributed by atoms with Gasteiger partial charge in [-0.05, 0) is 42.2 Å². The molecule has 0 spiro atoms. The monoisotopic (exact) mass is 281 g/mol. The van der Waals surface area contributed by atoms with Gasteiger partial charge >= 0.3 is 0 Å². The van der Waals surface area contributed by atoms with Crippen molar-refractivity contribution in [3.05, 3.63) is 65.5 Å². The molecule has 2 aromatic rings. The molecule has 0 fully saturated rings. The van der Waals surface area contributed by atoms with Gasteiger partial charge in [0.25, 0.3) is 0 Å². The fourth-order valence-electron chi connectivity index (χ4n) is 2.77. The van der Waals surface area contributed by atoms with Crippen LogP contribution in [0.1, 0.15) is 35.7 Å². The smallest absolute Gasteiger partial charge is 0.242 e. The van der Waals surface area contributed by atoms with E-state index in [-0.39, 0.29) is 18.0 Å². The predicted molar refractivity (Wildman–Crippen MR) is 81.7 cm³/mol. The van der Waals surface area contributed by atoms with Crippen LogP contribution in [0.5, 0.6) is 0 Å². The maximum Gasteiger partial charge on any atom is 0.242 e. The molecular weight excluding hydrogens is 262 g/mol. The van der Waals surface area contributed by atoms with E-state index in [1.54, 1.807) is 12.4 Å². The molecule has 1 aromatic carbocycles.